The van der Waals surface area contributed by atoms with Crippen LogP contribution < -0.4 is 26.6 Å². The predicted octanol–water partition coefficient (Wildman–Crippen LogP) is -21.1. The molecule has 50 atom stereocenters. The third kappa shape index (κ3) is 23.1. The number of aliphatic hydroxyl groups excluding tert-OH is 26. The Hall–Kier alpha value is -4.45. The first kappa shape index (κ1) is 103. The molecular formula is C70H117N5O50. The Morgan fingerprint density at radius 1 is 0.224 bits per heavy atom. The van der Waals surface area contributed by atoms with Crippen molar-refractivity contribution in [2.24, 2.45) is 0 Å². The van der Waals surface area contributed by atoms with Crippen LogP contribution in [0.15, 0.2) is 0 Å². The number of carbonyl (C=O) groups excluding carboxylic acids is 5. The van der Waals surface area contributed by atoms with Gasteiger partial charge in [-0.05, 0) is 6.92 Å². The molecule has 0 unspecified atom stereocenters. The van der Waals surface area contributed by atoms with E-state index in [0.29, 0.717) is 0 Å². The molecule has 0 aromatic rings. The lowest BCUT2D eigenvalue weighted by atomic mass is 9.93. The maximum Gasteiger partial charge on any atom is 0.217 e. The molecule has 0 saturated carbocycles. The normalized spacial score (nSPS) is 48.7. The Morgan fingerprint density at radius 3 is 0.936 bits per heavy atom. The van der Waals surface area contributed by atoms with E-state index in [1.54, 1.807) is 0 Å². The summed E-state index contributed by atoms with van der Waals surface area (Å²) < 4.78 is 114. The summed E-state index contributed by atoms with van der Waals surface area (Å²) in [5.41, 5.74) is 0. The van der Waals surface area contributed by atoms with Crippen molar-refractivity contribution in [3.63, 3.8) is 0 Å². The summed E-state index contributed by atoms with van der Waals surface area (Å²) in [7, 11) is 0. The number of aliphatic hydroxyl groups is 26. The minimum absolute atomic E-state index is 0.852. The van der Waals surface area contributed by atoms with E-state index in [4.69, 9.17) is 90.0 Å². The molecule has 10 heterocycles. The van der Waals surface area contributed by atoms with Gasteiger partial charge in [-0.1, -0.05) is 0 Å². The summed E-state index contributed by atoms with van der Waals surface area (Å²) >= 11 is 0. The number of amides is 5. The van der Waals surface area contributed by atoms with Gasteiger partial charge in [0.25, 0.3) is 0 Å². The van der Waals surface area contributed by atoms with Crippen molar-refractivity contribution in [2.45, 2.75) is 348 Å². The summed E-state index contributed by atoms with van der Waals surface area (Å²) in [6.45, 7) is -4.08. The average molecular weight is 1830 g/mol. The molecule has 5 amide bonds. The summed E-state index contributed by atoms with van der Waals surface area (Å²) in [6, 6.07) is -9.52. The Kier molecular flexibility index (Phi) is 36.8. The average Bonchev–Trinajstić information content (AvgIpc) is 0.762. The number of nitrogens with one attached hydrogen (secondary N) is 5. The van der Waals surface area contributed by atoms with Gasteiger partial charge < -0.3 is 249 Å². The molecule has 0 radical (unpaired) electrons. The second-order valence-corrected chi connectivity index (χ2v) is 31.7. The van der Waals surface area contributed by atoms with Crippen LogP contribution >= 0.6 is 0 Å². The van der Waals surface area contributed by atoms with Crippen LogP contribution in [0.3, 0.4) is 0 Å². The van der Waals surface area contributed by atoms with Crippen molar-refractivity contribution in [1.82, 2.24) is 26.6 Å². The predicted molar refractivity (Wildman–Crippen MR) is 386 cm³/mol. The Labute approximate surface area is 708 Å². The Balaban J connectivity index is 1.03. The first-order valence-electron chi connectivity index (χ1n) is 40.0. The maximum absolute atomic E-state index is 13.3. The van der Waals surface area contributed by atoms with Gasteiger partial charge in [0.2, 0.25) is 29.5 Å². The highest BCUT2D eigenvalue weighted by molar-refractivity contribution is 5.75. The van der Waals surface area contributed by atoms with Crippen molar-refractivity contribution >= 4 is 29.5 Å². The lowest BCUT2D eigenvalue weighted by Crippen LogP contribution is -2.71. The van der Waals surface area contributed by atoms with Crippen molar-refractivity contribution in [3.05, 3.63) is 0 Å². The van der Waals surface area contributed by atoms with Crippen molar-refractivity contribution in [1.29, 1.82) is 0 Å². The van der Waals surface area contributed by atoms with E-state index >= 15 is 0 Å². The molecule has 0 aromatic carbocycles. The van der Waals surface area contributed by atoms with Crippen LogP contribution in [0.2, 0.25) is 0 Å². The highest BCUT2D eigenvalue weighted by Crippen LogP contribution is 2.41. The number of hydrogen-bond donors (Lipinski definition) is 31. The smallest absolute Gasteiger partial charge is 0.217 e. The quantitative estimate of drug-likeness (QED) is 0.0297. The summed E-state index contributed by atoms with van der Waals surface area (Å²) in [5, 5.41) is 304. The summed E-state index contributed by atoms with van der Waals surface area (Å²) in [5.74, 6) is -4.66. The zero-order chi connectivity index (χ0) is 92.1. The molecule has 0 aliphatic carbocycles. The zero-order valence-electron chi connectivity index (χ0n) is 67.7. The Bertz CT molecular complexity index is 3420. The second-order valence-electron chi connectivity index (χ2n) is 31.7. The fourth-order valence-electron chi connectivity index (χ4n) is 16.2. The number of carbonyl (C=O) groups is 5. The van der Waals surface area contributed by atoms with E-state index < -0.39 is 396 Å². The molecular weight excluding hydrogens is 1710 g/mol. The van der Waals surface area contributed by atoms with Crippen LogP contribution in [0, 0.1) is 0 Å². The van der Waals surface area contributed by atoms with Crippen LogP contribution in [0.1, 0.15) is 41.5 Å². The van der Waals surface area contributed by atoms with Crippen molar-refractivity contribution in [2.75, 3.05) is 59.5 Å². The molecule has 0 spiro atoms. The van der Waals surface area contributed by atoms with Crippen LogP contribution in [-0.4, -0.2) is 529 Å². The largest absolute Gasteiger partial charge is 0.394 e. The molecule has 0 bridgehead atoms. The second kappa shape index (κ2) is 44.9. The van der Waals surface area contributed by atoms with E-state index in [1.807, 2.05) is 0 Å². The van der Waals surface area contributed by atoms with E-state index in [1.165, 1.54) is 6.92 Å². The first-order valence-corrected chi connectivity index (χ1v) is 40.0. The number of ether oxygens (including phenoxy) is 19. The van der Waals surface area contributed by atoms with Gasteiger partial charge in [0.15, 0.2) is 62.9 Å². The molecule has 10 fully saturated rings. The molecule has 55 nitrogen and oxygen atoms in total. The van der Waals surface area contributed by atoms with Gasteiger partial charge in [-0.15, -0.1) is 0 Å². The van der Waals surface area contributed by atoms with Crippen LogP contribution in [-0.2, 0) is 114 Å². The molecule has 10 aliphatic rings. The lowest BCUT2D eigenvalue weighted by Gasteiger charge is -2.52. The fourth-order valence-corrected chi connectivity index (χ4v) is 16.2. The van der Waals surface area contributed by atoms with Crippen molar-refractivity contribution < 1.29 is 247 Å². The standard InChI is InChI=1S/C70H117N5O50/c1-16-36(88)47(99)50(102)66(109-16)107-15-30-57(44(96)31(61(106)110-30)71-17(2)83)120-65-35(75-21(6)87)46(98)55(27(12-81)116-65)122-68-53(105)58(41(93)29(118-68)14-108-69-59(49(101)40(92)25(10-79)114-69)124-62-32(72-18(3)84)42(94)37(89)22(7-76)111-62)123-70-60(125-63-33(73-19(4)85)43(95)38(90)23(8-77)112-63)52(104)56(28(13-82)117-70)119-64-34(74-20(5)86)45(97)54(26(11-80)115-64)121-67-51(103)48(100)39(91)24(9-78)113-67/h16,22-70,76-82,88-106H,7-15H2,1-6H3,(H,71,83)(H,72,84)(H,73,85)(H,74,86)(H,75,87)/t16-,22+,23+,24+,25+,26+,27+,28+,29+,30+,31+,32+,33+,34+,35+,36+,37+,38+,39-,40+,41+,42+,43+,44+,45+,46+,47+,48-,49-,50-,51+,52-,53-,54+,55+,56+,57+,58-,59-,60-,61+,62-,63-,64-,65-,66+,67-,68-,69-,70+/m0/s1. The minimum Gasteiger partial charge on any atom is -0.394 e. The van der Waals surface area contributed by atoms with Crippen LogP contribution in [0.5, 0.6) is 0 Å². The zero-order valence-corrected chi connectivity index (χ0v) is 67.7. The van der Waals surface area contributed by atoms with E-state index in [0.717, 1.165) is 34.6 Å². The van der Waals surface area contributed by atoms with Crippen molar-refractivity contribution in [3.8, 4) is 0 Å². The number of rotatable bonds is 32. The third-order valence-electron chi connectivity index (χ3n) is 22.8. The van der Waals surface area contributed by atoms with E-state index in [2.05, 4.69) is 26.6 Å². The molecule has 31 N–H and O–H groups in total. The SMILES string of the molecule is CC(=O)N[C@@H]1[C@@H](O)[C@H](O[C@@H]2O[C@H](CO)[C@@H](O[C@@H]3O[C@H](CO[C@H]4O[C@H](CO)[C@@H](O)[C@H](O)[C@@H]4O[C@@H]4O[C@H](CO)[C@@H](O)[C@H](O)[C@H]4NC(C)=O)[C@@H](O)[C@H](O[C@H]4O[C@H](CO)[C@@H](O[C@@H]5O[C@H](CO)[C@@H](O[C@@H]6O[C@H](CO)[C@H](O)[C@H](O)[C@H]6O)[C@H](O)[C@H]5NC(C)=O)[C@H](O)[C@@H]4O[C@@H]4O[C@H](CO)[C@@H](O)[C@H](O)[C@H]4NC(C)=O)[C@@H]3O)[C@H](O)[C@H]2NC(C)=O)[C@@H](CO[C@@H]2O[C@@H](C)[C@@H](O)[C@@H](O)[C@@H]2O)O[C@H]1O. The van der Waals surface area contributed by atoms with Gasteiger partial charge in [-0.25, -0.2) is 0 Å². The number of hydrogen-bond acceptors (Lipinski definition) is 50. The minimum atomic E-state index is -2.68. The van der Waals surface area contributed by atoms with Gasteiger partial charge in [0.1, 0.15) is 238 Å². The molecule has 10 saturated heterocycles. The van der Waals surface area contributed by atoms with Gasteiger partial charge in [0.05, 0.1) is 65.6 Å². The highest BCUT2D eigenvalue weighted by Gasteiger charge is 2.62. The molecule has 0 aromatic heterocycles. The summed E-state index contributed by atoms with van der Waals surface area (Å²) in [6.07, 6.45) is -94.2. The topological polar surface area (TPSA) is 847 Å². The van der Waals surface area contributed by atoms with E-state index in [9.17, 15) is 157 Å². The van der Waals surface area contributed by atoms with Gasteiger partial charge >= 0.3 is 0 Å². The molecule has 125 heavy (non-hydrogen) atoms. The summed E-state index contributed by atoms with van der Waals surface area (Å²) in [4.78, 5) is 64.4. The van der Waals surface area contributed by atoms with Crippen LogP contribution in [0.25, 0.3) is 0 Å². The monoisotopic (exact) mass is 1830 g/mol. The van der Waals surface area contributed by atoms with Gasteiger partial charge in [-0.3, -0.25) is 24.0 Å². The first-order chi connectivity index (χ1) is 59.1. The highest BCUT2D eigenvalue weighted by atomic mass is 16.8. The lowest BCUT2D eigenvalue weighted by molar-refractivity contribution is -0.404. The van der Waals surface area contributed by atoms with Gasteiger partial charge in [0, 0.05) is 34.6 Å². The molecule has 722 valence electrons. The maximum atomic E-state index is 13.3. The Morgan fingerprint density at radius 2 is 0.504 bits per heavy atom. The fraction of sp³-hybridized carbons (Fsp3) is 0.929. The molecule has 10 rings (SSSR count). The third-order valence-corrected chi connectivity index (χ3v) is 22.8. The van der Waals surface area contributed by atoms with Crippen LogP contribution in [0.4, 0.5) is 0 Å². The molecule has 10 aliphatic heterocycles. The molecule has 55 heteroatoms. The van der Waals surface area contributed by atoms with E-state index in [-0.39, 0.29) is 0 Å². The van der Waals surface area contributed by atoms with Gasteiger partial charge in [-0.2, -0.15) is 0 Å².